The Balaban J connectivity index is 1.62. The number of ether oxygens (including phenoxy) is 1. The minimum absolute atomic E-state index is 0.135. The third-order valence-corrected chi connectivity index (χ3v) is 4.57. The summed E-state index contributed by atoms with van der Waals surface area (Å²) in [6, 6.07) is 8.93. The van der Waals surface area contributed by atoms with Gasteiger partial charge in [0, 0.05) is 24.1 Å². The fraction of sp³-hybridized carbons (Fsp3) is 0.611. The van der Waals surface area contributed by atoms with Gasteiger partial charge in [0.15, 0.2) is 5.78 Å². The maximum Gasteiger partial charge on any atom is 0.163 e. The molecule has 2 unspecified atom stereocenters. The van der Waals surface area contributed by atoms with Crippen molar-refractivity contribution in [3.8, 4) is 5.75 Å². The zero-order valence-electron chi connectivity index (χ0n) is 13.0. The molecule has 1 N–H and O–H groups in total. The molecule has 2 saturated heterocycles. The van der Waals surface area contributed by atoms with E-state index in [9.17, 15) is 4.79 Å². The summed E-state index contributed by atoms with van der Waals surface area (Å²) < 4.78 is 5.68. The molecule has 21 heavy (non-hydrogen) atoms. The Bertz CT molecular complexity index is 500. The molecule has 0 saturated carbocycles. The Hall–Kier alpha value is -1.35. The van der Waals surface area contributed by atoms with Crippen LogP contribution in [0.5, 0.6) is 5.75 Å². The largest absolute Gasteiger partial charge is 0.491 e. The molecule has 2 heterocycles. The summed E-state index contributed by atoms with van der Waals surface area (Å²) in [7, 11) is 0. The lowest BCUT2D eigenvalue weighted by atomic mass is 9.87. The topological polar surface area (TPSA) is 38.3 Å². The number of Topliss-reactive ketones (excluding diaryl/α,β-unsaturated/α-hetero) is 1. The Morgan fingerprint density at radius 2 is 2.00 bits per heavy atom. The highest BCUT2D eigenvalue weighted by Gasteiger charge is 2.34. The monoisotopic (exact) mass is 287 g/mol. The third-order valence-electron chi connectivity index (χ3n) is 4.57. The van der Waals surface area contributed by atoms with Crippen LogP contribution in [0, 0.1) is 5.92 Å². The Labute approximate surface area is 127 Å². The van der Waals surface area contributed by atoms with E-state index in [4.69, 9.17) is 4.74 Å². The van der Waals surface area contributed by atoms with Gasteiger partial charge in [0.2, 0.25) is 0 Å². The minimum atomic E-state index is 0.135. The van der Waals surface area contributed by atoms with E-state index < -0.39 is 0 Å². The van der Waals surface area contributed by atoms with Crippen LogP contribution in [0.15, 0.2) is 24.3 Å². The lowest BCUT2D eigenvalue weighted by Gasteiger charge is -2.28. The number of nitrogens with one attached hydrogen (secondary N) is 1. The van der Waals surface area contributed by atoms with Crippen LogP contribution in [-0.4, -0.2) is 24.0 Å². The number of hydrogen-bond donors (Lipinski definition) is 1. The van der Waals surface area contributed by atoms with Gasteiger partial charge in [-0.05, 0) is 57.6 Å². The second kappa shape index (κ2) is 6.18. The molecule has 0 aliphatic carbocycles. The van der Waals surface area contributed by atoms with E-state index in [2.05, 4.69) is 5.32 Å². The Kier molecular flexibility index (Phi) is 4.29. The van der Waals surface area contributed by atoms with Crippen molar-refractivity contribution >= 4 is 5.78 Å². The van der Waals surface area contributed by atoms with Gasteiger partial charge in [-0.3, -0.25) is 4.79 Å². The summed E-state index contributed by atoms with van der Waals surface area (Å²) in [6.45, 7) is 4.00. The van der Waals surface area contributed by atoms with Crippen molar-refractivity contribution in [1.82, 2.24) is 5.32 Å². The zero-order valence-corrected chi connectivity index (χ0v) is 13.0. The first-order chi connectivity index (χ1) is 10.1. The van der Waals surface area contributed by atoms with E-state index in [-0.39, 0.29) is 11.9 Å². The lowest BCUT2D eigenvalue weighted by Crippen LogP contribution is -2.38. The molecule has 0 spiro atoms. The van der Waals surface area contributed by atoms with Gasteiger partial charge in [0.25, 0.3) is 0 Å². The van der Waals surface area contributed by atoms with Crippen molar-refractivity contribution in [2.24, 2.45) is 5.92 Å². The normalized spacial score (nSPS) is 27.9. The van der Waals surface area contributed by atoms with Crippen molar-refractivity contribution in [2.45, 2.75) is 64.1 Å². The van der Waals surface area contributed by atoms with Gasteiger partial charge in [0.05, 0.1) is 6.10 Å². The number of hydrogen-bond acceptors (Lipinski definition) is 3. The second-order valence-electron chi connectivity index (χ2n) is 6.80. The summed E-state index contributed by atoms with van der Waals surface area (Å²) in [4.78, 5) is 12.5. The van der Waals surface area contributed by atoms with Gasteiger partial charge in [-0.25, -0.2) is 0 Å². The molecule has 0 amide bonds. The molecule has 114 valence electrons. The molecule has 2 bridgehead atoms. The number of benzene rings is 1. The van der Waals surface area contributed by atoms with Crippen molar-refractivity contribution in [1.29, 1.82) is 0 Å². The minimum Gasteiger partial charge on any atom is -0.491 e. The van der Waals surface area contributed by atoms with Gasteiger partial charge in [0.1, 0.15) is 5.75 Å². The van der Waals surface area contributed by atoms with Crippen LogP contribution in [0.1, 0.15) is 56.3 Å². The number of ketones is 1. The Morgan fingerprint density at radius 1 is 1.29 bits per heavy atom. The van der Waals surface area contributed by atoms with Gasteiger partial charge in [-0.2, -0.15) is 0 Å². The number of carbonyl (C=O) groups is 1. The molecule has 0 aromatic heterocycles. The maximum atomic E-state index is 12.5. The van der Waals surface area contributed by atoms with Crippen LogP contribution >= 0.6 is 0 Å². The molecule has 2 aliphatic heterocycles. The molecule has 2 fully saturated rings. The maximum absolute atomic E-state index is 12.5. The zero-order chi connectivity index (χ0) is 14.8. The number of fused-ring (bicyclic) bond motifs is 2. The smallest absolute Gasteiger partial charge is 0.163 e. The van der Waals surface area contributed by atoms with E-state index >= 15 is 0 Å². The highest BCUT2D eigenvalue weighted by atomic mass is 16.5. The summed E-state index contributed by atoms with van der Waals surface area (Å²) in [6.07, 6.45) is 5.70. The van der Waals surface area contributed by atoms with Gasteiger partial charge >= 0.3 is 0 Å². The summed E-state index contributed by atoms with van der Waals surface area (Å²) in [5.41, 5.74) is 0.791. The summed E-state index contributed by atoms with van der Waals surface area (Å²) in [5.74, 6) is 1.60. The van der Waals surface area contributed by atoms with Gasteiger partial charge < -0.3 is 10.1 Å². The van der Waals surface area contributed by atoms with Crippen molar-refractivity contribution in [3.63, 3.8) is 0 Å². The molecule has 3 heteroatoms. The molecule has 3 nitrogen and oxygen atoms in total. The van der Waals surface area contributed by atoms with Crippen LogP contribution in [0.4, 0.5) is 0 Å². The highest BCUT2D eigenvalue weighted by molar-refractivity contribution is 5.96. The SMILES string of the molecule is CC(C)Oc1cccc(C(=O)CC2CC3CCC(C2)N3)c1. The van der Waals surface area contributed by atoms with E-state index in [1.54, 1.807) is 0 Å². The first kappa shape index (κ1) is 14.6. The summed E-state index contributed by atoms with van der Waals surface area (Å²) in [5, 5.41) is 3.63. The lowest BCUT2D eigenvalue weighted by molar-refractivity contribution is 0.0944. The molecule has 2 aliphatic rings. The molecule has 1 aromatic carbocycles. The quantitative estimate of drug-likeness (QED) is 0.841. The van der Waals surface area contributed by atoms with Crippen LogP contribution in [0.25, 0.3) is 0 Å². The third kappa shape index (κ3) is 3.65. The van der Waals surface area contributed by atoms with Crippen molar-refractivity contribution in [2.75, 3.05) is 0 Å². The average Bonchev–Trinajstić information content (AvgIpc) is 2.77. The number of piperidine rings is 1. The van der Waals surface area contributed by atoms with Crippen molar-refractivity contribution in [3.05, 3.63) is 29.8 Å². The van der Waals surface area contributed by atoms with Gasteiger partial charge in [-0.15, -0.1) is 0 Å². The van der Waals surface area contributed by atoms with E-state index in [0.717, 1.165) is 24.2 Å². The molecule has 3 rings (SSSR count). The summed E-state index contributed by atoms with van der Waals surface area (Å²) >= 11 is 0. The van der Waals surface area contributed by atoms with E-state index in [1.807, 2.05) is 38.1 Å². The molecular weight excluding hydrogens is 262 g/mol. The predicted octanol–water partition coefficient (Wildman–Crippen LogP) is 3.58. The average molecular weight is 287 g/mol. The highest BCUT2D eigenvalue weighted by Crippen LogP contribution is 2.33. The molecule has 0 radical (unpaired) electrons. The van der Waals surface area contributed by atoms with E-state index in [1.165, 1.54) is 12.8 Å². The predicted molar refractivity (Wildman–Crippen MR) is 83.8 cm³/mol. The van der Waals surface area contributed by atoms with Crippen LogP contribution < -0.4 is 10.1 Å². The standard InChI is InChI=1S/C18H25NO2/c1-12(2)21-17-5-3-4-14(11-17)18(20)10-13-8-15-6-7-16(9-13)19-15/h3-5,11-13,15-16,19H,6-10H2,1-2H3. The fourth-order valence-electron chi connectivity index (χ4n) is 3.74. The van der Waals surface area contributed by atoms with Gasteiger partial charge in [-0.1, -0.05) is 12.1 Å². The van der Waals surface area contributed by atoms with Crippen LogP contribution in [0.2, 0.25) is 0 Å². The second-order valence-corrected chi connectivity index (χ2v) is 6.80. The number of carbonyl (C=O) groups excluding carboxylic acids is 1. The first-order valence-electron chi connectivity index (χ1n) is 8.16. The van der Waals surface area contributed by atoms with E-state index in [0.29, 0.717) is 24.4 Å². The van der Waals surface area contributed by atoms with Crippen LogP contribution in [-0.2, 0) is 0 Å². The Morgan fingerprint density at radius 3 is 2.67 bits per heavy atom. The molecule has 1 aromatic rings. The molecular formula is C18H25NO2. The first-order valence-corrected chi connectivity index (χ1v) is 8.16. The number of rotatable bonds is 5. The fourth-order valence-corrected chi connectivity index (χ4v) is 3.74. The van der Waals surface area contributed by atoms with Crippen LogP contribution in [0.3, 0.4) is 0 Å². The van der Waals surface area contributed by atoms with Crippen molar-refractivity contribution < 1.29 is 9.53 Å². The molecule has 2 atom stereocenters.